The molecule has 82 valence electrons. The molecule has 0 spiro atoms. The Hall–Kier alpha value is -2.35. The summed E-state index contributed by atoms with van der Waals surface area (Å²) in [6.07, 6.45) is -1.44. The normalized spacial score (nSPS) is 11.2. The maximum atomic E-state index is 10.7. The molecular weight excluding hydrogens is 210 g/mol. The molecule has 5 nitrogen and oxygen atoms in total. The zero-order valence-corrected chi connectivity index (χ0v) is 8.47. The highest BCUT2D eigenvalue weighted by Crippen LogP contribution is 2.17. The largest absolute Gasteiger partial charge is 0.546 e. The number of carbonyl (C=O) groups excluding carboxylic acids is 2. The van der Waals surface area contributed by atoms with Crippen molar-refractivity contribution in [3.63, 3.8) is 0 Å². The average molecular weight is 218 g/mol. The first-order valence-electron chi connectivity index (χ1n) is 4.42. The first kappa shape index (κ1) is 11.7. The number of carboxylic acids is 1. The number of rotatable bonds is 3. The van der Waals surface area contributed by atoms with Gasteiger partial charge >= 0.3 is 5.97 Å². The van der Waals surface area contributed by atoms with E-state index in [9.17, 15) is 14.7 Å². The molecule has 0 aromatic heterocycles. The summed E-state index contributed by atoms with van der Waals surface area (Å²) < 4.78 is 4.59. The van der Waals surface area contributed by atoms with Gasteiger partial charge in [0.25, 0.3) is 0 Å². The molecule has 1 rings (SSSR count). The Morgan fingerprint density at radius 3 is 2.31 bits per heavy atom. The fraction of sp³-hybridized carbons (Fsp3) is 0.182. The topological polar surface area (TPSA) is 90.2 Å². The van der Waals surface area contributed by atoms with E-state index < -0.39 is 18.0 Å². The van der Waals surface area contributed by atoms with E-state index in [1.165, 1.54) is 24.3 Å². The second kappa shape index (κ2) is 4.94. The Morgan fingerprint density at radius 2 is 1.94 bits per heavy atom. The van der Waals surface area contributed by atoms with Gasteiger partial charge in [0.1, 0.15) is 0 Å². The molecule has 0 bridgehead atoms. The molecule has 0 amide bonds. The predicted molar refractivity (Wildman–Crippen MR) is 50.7 cm³/mol. The van der Waals surface area contributed by atoms with E-state index >= 15 is 0 Å². The monoisotopic (exact) mass is 218 g/mol. The van der Waals surface area contributed by atoms with E-state index in [1.54, 1.807) is 0 Å². The minimum absolute atomic E-state index is 0.259. The third kappa shape index (κ3) is 2.82. The van der Waals surface area contributed by atoms with Crippen LogP contribution in [0.2, 0.25) is 0 Å². The number of carboxylic acid groups (broad SMARTS) is 1. The highest BCUT2D eigenvalue weighted by molar-refractivity contribution is 5.77. The maximum absolute atomic E-state index is 10.7. The van der Waals surface area contributed by atoms with Crippen LogP contribution in [0.4, 0.5) is 0 Å². The van der Waals surface area contributed by atoms with Crippen molar-refractivity contribution in [2.24, 2.45) is 0 Å². The molecule has 0 radical (unpaired) electrons. The molecule has 1 aromatic carbocycles. The van der Waals surface area contributed by atoms with Gasteiger partial charge in [0.05, 0.1) is 17.6 Å². The van der Waals surface area contributed by atoms with Gasteiger partial charge in [-0.3, -0.25) is 4.79 Å². The highest BCUT2D eigenvalue weighted by Gasteiger charge is 2.15. The summed E-state index contributed by atoms with van der Waals surface area (Å²) in [5.74, 6) is -2.21. The fourth-order valence-electron chi connectivity index (χ4n) is 1.15. The van der Waals surface area contributed by atoms with Gasteiger partial charge in [-0.1, -0.05) is 12.1 Å². The lowest BCUT2D eigenvalue weighted by Gasteiger charge is -2.18. The average Bonchev–Trinajstić information content (AvgIpc) is 2.25. The molecule has 0 aliphatic heterocycles. The van der Waals surface area contributed by atoms with Crippen LogP contribution in [0.25, 0.3) is 0 Å². The lowest BCUT2D eigenvalue weighted by molar-refractivity contribution is -0.316. The van der Waals surface area contributed by atoms with E-state index in [1.807, 2.05) is 6.07 Å². The Balaban J connectivity index is 2.98. The van der Waals surface area contributed by atoms with Crippen molar-refractivity contribution in [3.8, 4) is 6.07 Å². The Labute approximate surface area is 91.9 Å². The Kier molecular flexibility index (Phi) is 3.62. The van der Waals surface area contributed by atoms with Crippen LogP contribution in [0, 0.1) is 11.3 Å². The van der Waals surface area contributed by atoms with Gasteiger partial charge in [-0.25, -0.2) is 0 Å². The van der Waals surface area contributed by atoms with E-state index in [0.29, 0.717) is 5.56 Å². The number of carbonyl (C=O) groups is 2. The minimum atomic E-state index is -1.50. The van der Waals surface area contributed by atoms with E-state index in [-0.39, 0.29) is 5.56 Å². The number of hydrogen-bond donors (Lipinski definition) is 0. The van der Waals surface area contributed by atoms with Gasteiger partial charge in [-0.2, -0.15) is 5.26 Å². The molecular formula is C11H8NO4-. The van der Waals surface area contributed by atoms with Gasteiger partial charge in [-0.05, 0) is 17.7 Å². The first-order chi connectivity index (χ1) is 7.54. The number of esters is 1. The fourth-order valence-corrected chi connectivity index (χ4v) is 1.15. The summed E-state index contributed by atoms with van der Waals surface area (Å²) >= 11 is 0. The molecule has 1 unspecified atom stereocenters. The Morgan fingerprint density at radius 1 is 1.38 bits per heavy atom. The van der Waals surface area contributed by atoms with Crippen molar-refractivity contribution in [2.45, 2.75) is 13.0 Å². The molecule has 0 saturated carbocycles. The van der Waals surface area contributed by atoms with Crippen molar-refractivity contribution in [1.29, 1.82) is 5.26 Å². The number of nitriles is 1. The zero-order valence-electron chi connectivity index (χ0n) is 8.47. The van der Waals surface area contributed by atoms with Crippen LogP contribution in [-0.4, -0.2) is 11.9 Å². The number of aliphatic carboxylic acids is 1. The maximum Gasteiger partial charge on any atom is 0.303 e. The minimum Gasteiger partial charge on any atom is -0.546 e. The van der Waals surface area contributed by atoms with Crippen LogP contribution in [-0.2, 0) is 14.3 Å². The van der Waals surface area contributed by atoms with Gasteiger partial charge < -0.3 is 14.6 Å². The van der Waals surface area contributed by atoms with Crippen molar-refractivity contribution in [3.05, 3.63) is 35.4 Å². The summed E-state index contributed by atoms with van der Waals surface area (Å²) in [5.41, 5.74) is 0.651. The Bertz CT molecular complexity index is 444. The standard InChI is InChI=1S/C11H9NO4/c1-7(13)16-10(11(14)15)9-4-2-8(6-12)3-5-9/h2-5,10H,1H3,(H,14,15)/p-1. The number of hydrogen-bond acceptors (Lipinski definition) is 5. The SMILES string of the molecule is CC(=O)OC(C(=O)[O-])c1ccc(C#N)cc1. The number of ether oxygens (including phenoxy) is 1. The quantitative estimate of drug-likeness (QED) is 0.661. The van der Waals surface area contributed by atoms with Crippen LogP contribution in [0.5, 0.6) is 0 Å². The van der Waals surface area contributed by atoms with Crippen LogP contribution in [0.15, 0.2) is 24.3 Å². The lowest BCUT2D eigenvalue weighted by Crippen LogP contribution is -2.32. The number of nitrogens with zero attached hydrogens (tertiary/aromatic N) is 1. The summed E-state index contributed by atoms with van der Waals surface area (Å²) in [6, 6.07) is 7.58. The van der Waals surface area contributed by atoms with Gasteiger partial charge in [0, 0.05) is 6.92 Å². The van der Waals surface area contributed by atoms with Crippen LogP contribution >= 0.6 is 0 Å². The molecule has 16 heavy (non-hydrogen) atoms. The molecule has 0 aliphatic carbocycles. The second-order valence-corrected chi connectivity index (χ2v) is 3.04. The molecule has 0 N–H and O–H groups in total. The molecule has 0 aliphatic rings. The molecule has 1 aromatic rings. The van der Waals surface area contributed by atoms with Crippen LogP contribution in [0.1, 0.15) is 24.2 Å². The van der Waals surface area contributed by atoms with E-state index in [2.05, 4.69) is 4.74 Å². The third-order valence-electron chi connectivity index (χ3n) is 1.84. The molecule has 1 atom stereocenters. The zero-order chi connectivity index (χ0) is 12.1. The second-order valence-electron chi connectivity index (χ2n) is 3.04. The third-order valence-corrected chi connectivity index (χ3v) is 1.84. The molecule has 0 heterocycles. The first-order valence-corrected chi connectivity index (χ1v) is 4.42. The lowest BCUT2D eigenvalue weighted by atomic mass is 10.1. The summed E-state index contributed by atoms with van der Waals surface area (Å²) in [6.45, 7) is 1.11. The molecule has 0 fully saturated rings. The van der Waals surface area contributed by atoms with Crippen molar-refractivity contribution < 1.29 is 19.4 Å². The van der Waals surface area contributed by atoms with E-state index in [4.69, 9.17) is 5.26 Å². The van der Waals surface area contributed by atoms with Crippen LogP contribution < -0.4 is 5.11 Å². The number of benzene rings is 1. The van der Waals surface area contributed by atoms with Crippen molar-refractivity contribution in [1.82, 2.24) is 0 Å². The predicted octanol–water partition coefficient (Wildman–Crippen LogP) is -0.0876. The van der Waals surface area contributed by atoms with E-state index in [0.717, 1.165) is 6.92 Å². The summed E-state index contributed by atoms with van der Waals surface area (Å²) in [7, 11) is 0. The molecule has 0 saturated heterocycles. The van der Waals surface area contributed by atoms with Gasteiger partial charge in [0.15, 0.2) is 6.10 Å². The van der Waals surface area contributed by atoms with Crippen molar-refractivity contribution >= 4 is 11.9 Å². The summed E-state index contributed by atoms with van der Waals surface area (Å²) in [5, 5.41) is 19.3. The van der Waals surface area contributed by atoms with Crippen molar-refractivity contribution in [2.75, 3.05) is 0 Å². The van der Waals surface area contributed by atoms with Crippen LogP contribution in [0.3, 0.4) is 0 Å². The van der Waals surface area contributed by atoms with Gasteiger partial charge in [-0.15, -0.1) is 0 Å². The van der Waals surface area contributed by atoms with Gasteiger partial charge in [0.2, 0.25) is 0 Å². The molecule has 5 heteroatoms. The highest BCUT2D eigenvalue weighted by atomic mass is 16.6. The smallest absolute Gasteiger partial charge is 0.303 e. The summed E-state index contributed by atoms with van der Waals surface area (Å²) in [4.78, 5) is 21.4.